The van der Waals surface area contributed by atoms with Gasteiger partial charge in [0, 0.05) is 18.0 Å². The summed E-state index contributed by atoms with van der Waals surface area (Å²) in [6, 6.07) is 5.66. The molecule has 1 unspecified atom stereocenters. The Kier molecular flexibility index (Phi) is 2.47. The minimum atomic E-state index is -0.131. The van der Waals surface area contributed by atoms with Crippen LogP contribution in [0.5, 0.6) is 11.5 Å². The van der Waals surface area contributed by atoms with Gasteiger partial charge in [-0.3, -0.25) is 0 Å². The van der Waals surface area contributed by atoms with E-state index in [-0.39, 0.29) is 18.2 Å². The lowest BCUT2D eigenvalue weighted by Gasteiger charge is -2.45. The van der Waals surface area contributed by atoms with E-state index in [9.17, 15) is 0 Å². The first-order valence-corrected chi connectivity index (χ1v) is 5.68. The molecule has 0 aromatic heterocycles. The lowest BCUT2D eigenvalue weighted by atomic mass is 9.75. The van der Waals surface area contributed by atoms with Gasteiger partial charge in [-0.25, -0.2) is 0 Å². The van der Waals surface area contributed by atoms with Crippen LogP contribution < -0.4 is 20.9 Å². The molecule has 0 bridgehead atoms. The van der Waals surface area contributed by atoms with Gasteiger partial charge in [0.15, 0.2) is 11.5 Å². The molecule has 5 heteroatoms. The van der Waals surface area contributed by atoms with E-state index >= 15 is 0 Å². The molecule has 5 nitrogen and oxygen atoms in total. The molecule has 2 aliphatic rings. The van der Waals surface area contributed by atoms with Crippen LogP contribution in [0.3, 0.4) is 0 Å². The van der Waals surface area contributed by atoms with Crippen molar-refractivity contribution < 1.29 is 14.2 Å². The molecule has 1 aromatic rings. The van der Waals surface area contributed by atoms with Gasteiger partial charge in [-0.15, -0.1) is 0 Å². The normalized spacial score (nSPS) is 22.0. The van der Waals surface area contributed by atoms with Gasteiger partial charge < -0.3 is 25.7 Å². The predicted molar refractivity (Wildman–Crippen MR) is 61.8 cm³/mol. The fourth-order valence-corrected chi connectivity index (χ4v) is 2.25. The number of nitrogens with two attached hydrogens (primary N) is 2. The summed E-state index contributed by atoms with van der Waals surface area (Å²) in [5, 5.41) is 0. The smallest absolute Gasteiger partial charge is 0.231 e. The molecule has 0 spiro atoms. The lowest BCUT2D eigenvalue weighted by Crippen LogP contribution is -2.54. The number of rotatable bonds is 3. The van der Waals surface area contributed by atoms with Gasteiger partial charge >= 0.3 is 0 Å². The van der Waals surface area contributed by atoms with Gasteiger partial charge in [0.1, 0.15) is 0 Å². The fourth-order valence-electron chi connectivity index (χ4n) is 2.25. The molecule has 92 valence electrons. The molecule has 1 saturated heterocycles. The minimum Gasteiger partial charge on any atom is -0.454 e. The molecular formula is C12H16N2O3. The Morgan fingerprint density at radius 2 is 2.00 bits per heavy atom. The van der Waals surface area contributed by atoms with Crippen molar-refractivity contribution in [2.45, 2.75) is 6.04 Å². The van der Waals surface area contributed by atoms with E-state index in [0.29, 0.717) is 19.8 Å². The van der Waals surface area contributed by atoms with Crippen molar-refractivity contribution in [2.75, 3.05) is 26.6 Å². The Morgan fingerprint density at radius 3 is 2.65 bits per heavy atom. The maximum absolute atomic E-state index is 6.28. The molecule has 0 aliphatic carbocycles. The third-order valence-corrected chi connectivity index (χ3v) is 3.60. The number of fused-ring (bicyclic) bond motifs is 1. The zero-order valence-corrected chi connectivity index (χ0v) is 9.52. The van der Waals surface area contributed by atoms with E-state index in [2.05, 4.69) is 0 Å². The van der Waals surface area contributed by atoms with Crippen molar-refractivity contribution in [1.82, 2.24) is 0 Å². The van der Waals surface area contributed by atoms with Crippen LogP contribution >= 0.6 is 0 Å². The summed E-state index contributed by atoms with van der Waals surface area (Å²) >= 11 is 0. The molecule has 4 N–H and O–H groups in total. The molecule has 1 atom stereocenters. The van der Waals surface area contributed by atoms with Crippen LogP contribution in [0.1, 0.15) is 11.6 Å². The highest BCUT2D eigenvalue weighted by atomic mass is 16.7. The summed E-state index contributed by atoms with van der Waals surface area (Å²) in [5.74, 6) is 1.53. The zero-order chi connectivity index (χ0) is 11.9. The molecule has 2 heterocycles. The first-order chi connectivity index (χ1) is 8.25. The molecule has 0 radical (unpaired) electrons. The quantitative estimate of drug-likeness (QED) is 0.793. The number of benzene rings is 1. The highest BCUT2D eigenvalue weighted by Crippen LogP contribution is 2.41. The Bertz CT molecular complexity index is 426. The average Bonchev–Trinajstić information content (AvgIpc) is 2.74. The fraction of sp³-hybridized carbons (Fsp3) is 0.500. The monoisotopic (exact) mass is 236 g/mol. The first-order valence-electron chi connectivity index (χ1n) is 5.68. The summed E-state index contributed by atoms with van der Waals surface area (Å²) in [6.45, 7) is 2.06. The topological polar surface area (TPSA) is 79.7 Å². The highest BCUT2D eigenvalue weighted by Gasteiger charge is 2.43. The lowest BCUT2D eigenvalue weighted by molar-refractivity contribution is -0.121. The summed E-state index contributed by atoms with van der Waals surface area (Å²) in [4.78, 5) is 0. The van der Waals surface area contributed by atoms with Gasteiger partial charge in [-0.1, -0.05) is 6.07 Å². The van der Waals surface area contributed by atoms with E-state index < -0.39 is 0 Å². The maximum atomic E-state index is 6.28. The molecule has 2 aliphatic heterocycles. The Morgan fingerprint density at radius 1 is 1.24 bits per heavy atom. The molecule has 0 amide bonds. The highest BCUT2D eigenvalue weighted by molar-refractivity contribution is 5.45. The first kappa shape index (κ1) is 10.8. The Balaban J connectivity index is 1.88. The Hall–Kier alpha value is -1.30. The van der Waals surface area contributed by atoms with Crippen LogP contribution in [-0.2, 0) is 4.74 Å². The SMILES string of the molecule is NCC1(C(N)c2ccc3c(c2)OCO3)COC1. The standard InChI is InChI=1S/C12H16N2O3/c13-4-12(5-15-6-12)11(14)8-1-2-9-10(3-8)17-7-16-9/h1-3,11H,4-7,13-14H2. The third kappa shape index (κ3) is 1.58. The summed E-state index contributed by atoms with van der Waals surface area (Å²) in [5.41, 5.74) is 13.0. The largest absolute Gasteiger partial charge is 0.454 e. The number of ether oxygens (including phenoxy) is 3. The van der Waals surface area contributed by atoms with E-state index in [0.717, 1.165) is 17.1 Å². The van der Waals surface area contributed by atoms with Crippen molar-refractivity contribution >= 4 is 0 Å². The maximum Gasteiger partial charge on any atom is 0.231 e. The van der Waals surface area contributed by atoms with Gasteiger partial charge in [0.05, 0.1) is 13.2 Å². The van der Waals surface area contributed by atoms with Gasteiger partial charge in [0.25, 0.3) is 0 Å². The van der Waals surface area contributed by atoms with E-state index in [1.807, 2.05) is 18.2 Å². The second-order valence-electron chi connectivity index (χ2n) is 4.65. The molecule has 1 fully saturated rings. The summed E-state index contributed by atoms with van der Waals surface area (Å²) < 4.78 is 15.9. The molecule has 3 rings (SSSR count). The Labute approximate surface area is 99.6 Å². The number of hydrogen-bond acceptors (Lipinski definition) is 5. The van der Waals surface area contributed by atoms with Crippen LogP contribution in [-0.4, -0.2) is 26.6 Å². The van der Waals surface area contributed by atoms with Gasteiger partial charge in [-0.2, -0.15) is 0 Å². The summed E-state index contributed by atoms with van der Waals surface area (Å²) in [7, 11) is 0. The van der Waals surface area contributed by atoms with Crippen molar-refractivity contribution in [3.8, 4) is 11.5 Å². The van der Waals surface area contributed by atoms with Crippen molar-refractivity contribution in [3.63, 3.8) is 0 Å². The van der Waals surface area contributed by atoms with Crippen molar-refractivity contribution in [3.05, 3.63) is 23.8 Å². The van der Waals surface area contributed by atoms with Gasteiger partial charge in [-0.05, 0) is 17.7 Å². The van der Waals surface area contributed by atoms with Crippen LogP contribution in [0.15, 0.2) is 18.2 Å². The summed E-state index contributed by atoms with van der Waals surface area (Å²) in [6.07, 6.45) is 0. The molecule has 0 saturated carbocycles. The molecule has 17 heavy (non-hydrogen) atoms. The van der Waals surface area contributed by atoms with E-state index in [1.165, 1.54) is 0 Å². The van der Waals surface area contributed by atoms with Gasteiger partial charge in [0.2, 0.25) is 6.79 Å². The van der Waals surface area contributed by atoms with Crippen LogP contribution in [0.4, 0.5) is 0 Å². The van der Waals surface area contributed by atoms with Crippen molar-refractivity contribution in [1.29, 1.82) is 0 Å². The third-order valence-electron chi connectivity index (χ3n) is 3.60. The minimum absolute atomic E-state index is 0.129. The second-order valence-corrected chi connectivity index (χ2v) is 4.65. The molecular weight excluding hydrogens is 220 g/mol. The van der Waals surface area contributed by atoms with E-state index in [4.69, 9.17) is 25.7 Å². The van der Waals surface area contributed by atoms with E-state index in [1.54, 1.807) is 0 Å². The molecule has 1 aromatic carbocycles. The zero-order valence-electron chi connectivity index (χ0n) is 9.52. The van der Waals surface area contributed by atoms with Crippen LogP contribution in [0.25, 0.3) is 0 Å². The van der Waals surface area contributed by atoms with Crippen molar-refractivity contribution in [2.24, 2.45) is 16.9 Å². The van der Waals surface area contributed by atoms with Crippen LogP contribution in [0, 0.1) is 5.41 Å². The predicted octanol–water partition coefficient (Wildman–Crippen LogP) is 0.390. The van der Waals surface area contributed by atoms with Crippen LogP contribution in [0.2, 0.25) is 0 Å². The number of hydrogen-bond donors (Lipinski definition) is 2. The average molecular weight is 236 g/mol. The second kappa shape index (κ2) is 3.87.